The maximum Gasteiger partial charge on any atom is 0.234 e. The number of rotatable bonds is 7. The van der Waals surface area contributed by atoms with E-state index in [0.29, 0.717) is 27.4 Å². The van der Waals surface area contributed by atoms with Gasteiger partial charge in [0.25, 0.3) is 0 Å². The van der Waals surface area contributed by atoms with E-state index < -0.39 is 0 Å². The number of hydrogen-bond acceptors (Lipinski definition) is 5. The van der Waals surface area contributed by atoms with Crippen LogP contribution in [0.3, 0.4) is 0 Å². The molecule has 9 heteroatoms. The van der Waals surface area contributed by atoms with Gasteiger partial charge in [0.15, 0.2) is 11.0 Å². The fraction of sp³-hybridized carbons (Fsp3) is 0.167. The van der Waals surface area contributed by atoms with Gasteiger partial charge in [-0.25, -0.2) is 0 Å². The number of nitrogens with one attached hydrogen (secondary N) is 1. The number of thiophene rings is 1. The number of para-hydroxylation sites is 1. The largest absolute Gasteiger partial charge is 0.323 e. The Morgan fingerprint density at radius 2 is 2.11 bits per heavy atom. The van der Waals surface area contributed by atoms with E-state index in [1.165, 1.54) is 16.6 Å². The van der Waals surface area contributed by atoms with Crippen molar-refractivity contribution in [2.45, 2.75) is 18.6 Å². The van der Waals surface area contributed by atoms with Gasteiger partial charge in [-0.2, -0.15) is 0 Å². The minimum absolute atomic E-state index is 0.152. The van der Waals surface area contributed by atoms with Gasteiger partial charge in [-0.1, -0.05) is 47.1 Å². The second-order valence-electron chi connectivity index (χ2n) is 5.59. The lowest BCUT2D eigenvalue weighted by atomic mass is 10.3. The summed E-state index contributed by atoms with van der Waals surface area (Å²) in [4.78, 5) is 13.5. The molecule has 140 valence electrons. The van der Waals surface area contributed by atoms with Crippen molar-refractivity contribution < 1.29 is 4.79 Å². The first kappa shape index (κ1) is 19.9. The Balaban J connectivity index is 1.73. The van der Waals surface area contributed by atoms with Crippen LogP contribution in [0.15, 0.2) is 47.5 Å². The highest BCUT2D eigenvalue weighted by Crippen LogP contribution is 2.31. The smallest absolute Gasteiger partial charge is 0.234 e. The van der Waals surface area contributed by atoms with E-state index in [4.69, 9.17) is 23.2 Å². The van der Waals surface area contributed by atoms with Crippen molar-refractivity contribution in [3.63, 3.8) is 0 Å². The van der Waals surface area contributed by atoms with Crippen LogP contribution < -0.4 is 5.32 Å². The number of carbonyl (C=O) groups excluding carboxylic acids is 1. The lowest BCUT2D eigenvalue weighted by molar-refractivity contribution is -0.113. The average molecular weight is 439 g/mol. The van der Waals surface area contributed by atoms with E-state index in [9.17, 15) is 4.79 Å². The quantitative estimate of drug-likeness (QED) is 0.388. The third-order valence-electron chi connectivity index (χ3n) is 3.58. The van der Waals surface area contributed by atoms with E-state index in [1.807, 2.05) is 16.9 Å². The maximum absolute atomic E-state index is 12.3. The Labute approximate surface area is 175 Å². The molecular weight excluding hydrogens is 423 g/mol. The van der Waals surface area contributed by atoms with E-state index in [2.05, 4.69) is 28.2 Å². The molecule has 3 rings (SSSR count). The Morgan fingerprint density at radius 1 is 1.37 bits per heavy atom. The summed E-state index contributed by atoms with van der Waals surface area (Å²) >= 11 is 15.1. The number of thioether (sulfide) groups is 1. The SMILES string of the molecule is C=CCn1c(SCC(=O)Nc2c(Cl)cccc2Cl)nnc1-c1csc(C)c1. The molecule has 0 aliphatic carbocycles. The predicted molar refractivity (Wildman–Crippen MR) is 114 cm³/mol. The van der Waals surface area contributed by atoms with E-state index in [-0.39, 0.29) is 11.7 Å². The number of carbonyl (C=O) groups is 1. The zero-order valence-corrected chi connectivity index (χ0v) is 17.6. The highest BCUT2D eigenvalue weighted by atomic mass is 35.5. The van der Waals surface area contributed by atoms with E-state index in [0.717, 1.165) is 11.4 Å². The van der Waals surface area contributed by atoms with Crippen molar-refractivity contribution in [3.05, 3.63) is 57.2 Å². The van der Waals surface area contributed by atoms with Crippen LogP contribution in [-0.4, -0.2) is 26.4 Å². The number of aryl methyl sites for hydroxylation is 1. The molecule has 1 N–H and O–H groups in total. The van der Waals surface area contributed by atoms with E-state index in [1.54, 1.807) is 35.6 Å². The van der Waals surface area contributed by atoms with Gasteiger partial charge in [0.05, 0.1) is 21.5 Å². The molecule has 0 spiro atoms. The molecule has 0 saturated heterocycles. The molecule has 3 aromatic rings. The van der Waals surface area contributed by atoms with Gasteiger partial charge in [-0.15, -0.1) is 28.1 Å². The monoisotopic (exact) mass is 438 g/mol. The summed E-state index contributed by atoms with van der Waals surface area (Å²) in [5.41, 5.74) is 1.42. The highest BCUT2D eigenvalue weighted by Gasteiger charge is 2.16. The molecule has 1 amide bonds. The Hall–Kier alpha value is -1.80. The lowest BCUT2D eigenvalue weighted by Gasteiger charge is -2.09. The summed E-state index contributed by atoms with van der Waals surface area (Å²) in [5.74, 6) is 0.687. The molecule has 0 aliphatic heterocycles. The second kappa shape index (κ2) is 8.93. The van der Waals surface area contributed by atoms with Crippen molar-refractivity contribution in [3.8, 4) is 11.4 Å². The fourth-order valence-corrected chi connectivity index (χ4v) is 4.31. The van der Waals surface area contributed by atoms with Crippen LogP contribution in [0.25, 0.3) is 11.4 Å². The standard InChI is InChI=1S/C18H16Cl2N4OS2/c1-3-7-24-17(12-8-11(2)26-9-12)22-23-18(24)27-10-15(25)21-16-13(19)5-4-6-14(16)20/h3-6,8-9H,1,7,10H2,2H3,(H,21,25). The summed E-state index contributed by atoms with van der Waals surface area (Å²) in [6, 6.07) is 7.13. The number of hydrogen-bond donors (Lipinski definition) is 1. The molecule has 0 unspecified atom stereocenters. The number of aromatic nitrogens is 3. The van der Waals surface area contributed by atoms with Crippen molar-refractivity contribution in [2.24, 2.45) is 0 Å². The van der Waals surface area contributed by atoms with Gasteiger partial charge < -0.3 is 5.32 Å². The zero-order valence-electron chi connectivity index (χ0n) is 14.4. The van der Waals surface area contributed by atoms with E-state index >= 15 is 0 Å². The minimum Gasteiger partial charge on any atom is -0.323 e. The molecule has 0 radical (unpaired) electrons. The minimum atomic E-state index is -0.226. The third-order valence-corrected chi connectivity index (χ3v) is 6.03. The van der Waals surface area contributed by atoms with Crippen LogP contribution in [0.1, 0.15) is 4.88 Å². The molecule has 2 aromatic heterocycles. The van der Waals surface area contributed by atoms with Crippen molar-refractivity contribution in [1.29, 1.82) is 0 Å². The molecule has 1 aromatic carbocycles. The predicted octanol–water partition coefficient (Wildman–Crippen LogP) is 5.54. The molecule has 5 nitrogen and oxygen atoms in total. The van der Waals surface area contributed by atoms with Gasteiger partial charge in [-0.3, -0.25) is 9.36 Å². The van der Waals surface area contributed by atoms with Crippen LogP contribution in [-0.2, 0) is 11.3 Å². The van der Waals surface area contributed by atoms with Gasteiger partial charge >= 0.3 is 0 Å². The van der Waals surface area contributed by atoms with Crippen molar-refractivity contribution in [1.82, 2.24) is 14.8 Å². The molecule has 0 atom stereocenters. The number of anilines is 1. The van der Waals surface area contributed by atoms with Crippen LogP contribution in [0.2, 0.25) is 10.0 Å². The number of amides is 1. The van der Waals surface area contributed by atoms with Gasteiger partial charge in [0, 0.05) is 22.4 Å². The molecule has 27 heavy (non-hydrogen) atoms. The number of benzene rings is 1. The third kappa shape index (κ3) is 4.73. The average Bonchev–Trinajstić information content (AvgIpc) is 3.23. The maximum atomic E-state index is 12.3. The Kier molecular flexibility index (Phi) is 6.59. The van der Waals surface area contributed by atoms with Crippen LogP contribution in [0.4, 0.5) is 5.69 Å². The molecule has 0 fully saturated rings. The summed E-state index contributed by atoms with van der Waals surface area (Å²) in [6.45, 7) is 6.39. The number of allylic oxidation sites excluding steroid dienone is 1. The summed E-state index contributed by atoms with van der Waals surface area (Å²) in [6.07, 6.45) is 1.78. The van der Waals surface area contributed by atoms with Crippen LogP contribution >= 0.6 is 46.3 Å². The van der Waals surface area contributed by atoms with Crippen molar-refractivity contribution in [2.75, 3.05) is 11.1 Å². The molecule has 0 aliphatic rings. The second-order valence-corrected chi connectivity index (χ2v) is 8.46. The first-order valence-corrected chi connectivity index (χ1v) is 10.6. The highest BCUT2D eigenvalue weighted by molar-refractivity contribution is 7.99. The number of halogens is 2. The van der Waals surface area contributed by atoms with Gasteiger partial charge in [-0.05, 0) is 25.1 Å². The molecular formula is C18H16Cl2N4OS2. The molecule has 0 saturated carbocycles. The topological polar surface area (TPSA) is 59.8 Å². The van der Waals surface area contributed by atoms with Crippen LogP contribution in [0.5, 0.6) is 0 Å². The Bertz CT molecular complexity index is 963. The summed E-state index contributed by atoms with van der Waals surface area (Å²) in [7, 11) is 0. The summed E-state index contributed by atoms with van der Waals surface area (Å²) < 4.78 is 1.94. The zero-order chi connectivity index (χ0) is 19.4. The van der Waals surface area contributed by atoms with Gasteiger partial charge in [0.2, 0.25) is 5.91 Å². The summed E-state index contributed by atoms with van der Waals surface area (Å²) in [5, 5.41) is 14.7. The first-order chi connectivity index (χ1) is 13.0. The number of nitrogens with zero attached hydrogens (tertiary/aromatic N) is 3. The first-order valence-electron chi connectivity index (χ1n) is 7.96. The lowest BCUT2D eigenvalue weighted by Crippen LogP contribution is -2.15. The molecule has 2 heterocycles. The molecule has 0 bridgehead atoms. The fourth-order valence-electron chi connectivity index (χ4n) is 2.39. The Morgan fingerprint density at radius 3 is 2.74 bits per heavy atom. The van der Waals surface area contributed by atoms with Gasteiger partial charge in [0.1, 0.15) is 0 Å². The normalized spacial score (nSPS) is 10.8. The van der Waals surface area contributed by atoms with Crippen molar-refractivity contribution >= 4 is 57.9 Å². The van der Waals surface area contributed by atoms with Crippen LogP contribution in [0, 0.1) is 6.92 Å².